The van der Waals surface area contributed by atoms with Crippen LogP contribution in [0, 0.1) is 5.82 Å². The number of amides is 2. The highest BCUT2D eigenvalue weighted by Gasteiger charge is 2.20. The Morgan fingerprint density at radius 3 is 2.62 bits per heavy atom. The highest BCUT2D eigenvalue weighted by atomic mass is 19.1. The van der Waals surface area contributed by atoms with Gasteiger partial charge in [0, 0.05) is 17.3 Å². The van der Waals surface area contributed by atoms with Gasteiger partial charge in [0.2, 0.25) is 0 Å². The Hall–Kier alpha value is -3.62. The number of halogens is 1. The van der Waals surface area contributed by atoms with E-state index in [0.29, 0.717) is 30.4 Å². The van der Waals surface area contributed by atoms with Crippen molar-refractivity contribution in [2.45, 2.75) is 13.0 Å². The molecule has 8 nitrogen and oxygen atoms in total. The maximum Gasteiger partial charge on any atom is 0.326 e. The first-order chi connectivity index (χ1) is 13.9. The average molecular weight is 402 g/mol. The van der Waals surface area contributed by atoms with Crippen LogP contribution in [0.25, 0.3) is 0 Å². The molecule has 0 spiro atoms. The number of carbonyl (C=O) groups is 3. The molecule has 9 heteroatoms. The van der Waals surface area contributed by atoms with Crippen molar-refractivity contribution in [1.29, 1.82) is 0 Å². The zero-order valence-corrected chi connectivity index (χ0v) is 15.6. The van der Waals surface area contributed by atoms with E-state index in [2.05, 4.69) is 10.6 Å². The second kappa shape index (κ2) is 9.05. The van der Waals surface area contributed by atoms with Crippen molar-refractivity contribution in [1.82, 2.24) is 5.32 Å². The molecule has 1 aliphatic heterocycles. The molecule has 1 unspecified atom stereocenters. The van der Waals surface area contributed by atoms with Gasteiger partial charge in [-0.2, -0.15) is 0 Å². The van der Waals surface area contributed by atoms with Gasteiger partial charge in [0.1, 0.15) is 25.6 Å². The van der Waals surface area contributed by atoms with Crippen molar-refractivity contribution in [3.63, 3.8) is 0 Å². The monoisotopic (exact) mass is 402 g/mol. The minimum absolute atomic E-state index is 0.0715. The summed E-state index contributed by atoms with van der Waals surface area (Å²) in [5.74, 6) is -1.45. The van der Waals surface area contributed by atoms with Crippen molar-refractivity contribution in [2.75, 3.05) is 25.1 Å². The zero-order chi connectivity index (χ0) is 20.8. The molecule has 2 aromatic carbocycles. The van der Waals surface area contributed by atoms with Crippen molar-refractivity contribution in [3.05, 3.63) is 53.8 Å². The van der Waals surface area contributed by atoms with Gasteiger partial charge < -0.3 is 24.8 Å². The zero-order valence-electron chi connectivity index (χ0n) is 15.6. The van der Waals surface area contributed by atoms with Crippen LogP contribution in [0.1, 0.15) is 17.3 Å². The van der Waals surface area contributed by atoms with E-state index < -0.39 is 36.2 Å². The number of esters is 1. The third-order valence-corrected chi connectivity index (χ3v) is 3.97. The molecule has 3 rings (SSSR count). The fraction of sp³-hybridized carbons (Fsp3) is 0.250. The molecular weight excluding hydrogens is 383 g/mol. The molecule has 0 aromatic heterocycles. The Morgan fingerprint density at radius 2 is 1.86 bits per heavy atom. The summed E-state index contributed by atoms with van der Waals surface area (Å²) in [7, 11) is 0. The quantitative estimate of drug-likeness (QED) is 0.716. The summed E-state index contributed by atoms with van der Waals surface area (Å²) >= 11 is 0. The summed E-state index contributed by atoms with van der Waals surface area (Å²) in [6, 6.07) is 9.96. The smallest absolute Gasteiger partial charge is 0.326 e. The molecule has 0 saturated carbocycles. The number of ether oxygens (including phenoxy) is 3. The summed E-state index contributed by atoms with van der Waals surface area (Å²) < 4.78 is 29.0. The van der Waals surface area contributed by atoms with Crippen LogP contribution in [0.15, 0.2) is 42.5 Å². The lowest BCUT2D eigenvalue weighted by molar-refractivity contribution is -0.152. The first-order valence-corrected chi connectivity index (χ1v) is 8.86. The lowest BCUT2D eigenvalue weighted by Crippen LogP contribution is -2.35. The van der Waals surface area contributed by atoms with Crippen molar-refractivity contribution in [2.24, 2.45) is 0 Å². The SMILES string of the molecule is CC(OC(=O)CNC(=O)c1cccc(F)c1)C(=O)Nc1ccc2c(c1)OCCO2. The van der Waals surface area contributed by atoms with Crippen LogP contribution >= 0.6 is 0 Å². The second-order valence-electron chi connectivity index (χ2n) is 6.17. The van der Waals surface area contributed by atoms with Crippen LogP contribution in [0.2, 0.25) is 0 Å². The largest absolute Gasteiger partial charge is 0.486 e. The van der Waals surface area contributed by atoms with E-state index >= 15 is 0 Å². The van der Waals surface area contributed by atoms with Gasteiger partial charge in [0.25, 0.3) is 11.8 Å². The van der Waals surface area contributed by atoms with E-state index in [0.717, 1.165) is 6.07 Å². The Bertz CT molecular complexity index is 933. The molecule has 0 saturated heterocycles. The predicted octanol–water partition coefficient (Wildman–Crippen LogP) is 1.90. The maximum absolute atomic E-state index is 13.1. The third kappa shape index (κ3) is 5.44. The second-order valence-corrected chi connectivity index (χ2v) is 6.17. The number of benzene rings is 2. The van der Waals surface area contributed by atoms with E-state index in [1.165, 1.54) is 25.1 Å². The van der Waals surface area contributed by atoms with Gasteiger partial charge in [-0.05, 0) is 37.3 Å². The van der Waals surface area contributed by atoms with Crippen molar-refractivity contribution >= 4 is 23.5 Å². The number of rotatable bonds is 6. The Morgan fingerprint density at radius 1 is 1.10 bits per heavy atom. The van der Waals surface area contributed by atoms with E-state index in [4.69, 9.17) is 14.2 Å². The first-order valence-electron chi connectivity index (χ1n) is 8.86. The standard InChI is InChI=1S/C20H19FN2O6/c1-12(19(25)23-15-5-6-16-17(10-15)28-8-7-27-16)29-18(24)11-22-20(26)13-3-2-4-14(21)9-13/h2-6,9-10,12H,7-8,11H2,1H3,(H,22,26)(H,23,25). The van der Waals surface area contributed by atoms with Crippen LogP contribution in [-0.4, -0.2) is 43.6 Å². The van der Waals surface area contributed by atoms with Crippen LogP contribution in [0.4, 0.5) is 10.1 Å². The fourth-order valence-electron chi connectivity index (χ4n) is 2.54. The van der Waals surface area contributed by atoms with Gasteiger partial charge in [-0.15, -0.1) is 0 Å². The third-order valence-electron chi connectivity index (χ3n) is 3.97. The van der Waals surface area contributed by atoms with Gasteiger partial charge >= 0.3 is 5.97 Å². The number of fused-ring (bicyclic) bond motifs is 1. The topological polar surface area (TPSA) is 103 Å². The van der Waals surface area contributed by atoms with Gasteiger partial charge in [0.05, 0.1) is 0 Å². The number of hydrogen-bond acceptors (Lipinski definition) is 6. The number of anilines is 1. The normalized spacial score (nSPS) is 13.2. The van der Waals surface area contributed by atoms with Gasteiger partial charge in [-0.1, -0.05) is 6.07 Å². The minimum atomic E-state index is -1.10. The lowest BCUT2D eigenvalue weighted by atomic mass is 10.2. The average Bonchev–Trinajstić information content (AvgIpc) is 2.71. The van der Waals surface area contributed by atoms with Gasteiger partial charge in [-0.25, -0.2) is 4.39 Å². The molecule has 1 aliphatic rings. The van der Waals surface area contributed by atoms with Gasteiger partial charge in [-0.3, -0.25) is 14.4 Å². The van der Waals surface area contributed by atoms with Crippen LogP contribution < -0.4 is 20.1 Å². The molecule has 1 atom stereocenters. The molecule has 0 radical (unpaired) electrons. The predicted molar refractivity (Wildman–Crippen MR) is 100 cm³/mol. The number of carbonyl (C=O) groups excluding carboxylic acids is 3. The minimum Gasteiger partial charge on any atom is -0.486 e. The molecule has 2 amide bonds. The summed E-state index contributed by atoms with van der Waals surface area (Å²) in [4.78, 5) is 36.0. The molecular formula is C20H19FN2O6. The van der Waals surface area contributed by atoms with Crippen LogP contribution in [0.5, 0.6) is 11.5 Å². The first kappa shape index (κ1) is 20.1. The van der Waals surface area contributed by atoms with E-state index in [-0.39, 0.29) is 5.56 Å². The molecule has 0 fully saturated rings. The maximum atomic E-state index is 13.1. The molecule has 29 heavy (non-hydrogen) atoms. The molecule has 1 heterocycles. The summed E-state index contributed by atoms with van der Waals surface area (Å²) in [6.07, 6.45) is -1.10. The summed E-state index contributed by atoms with van der Waals surface area (Å²) in [5.41, 5.74) is 0.531. The van der Waals surface area contributed by atoms with Crippen LogP contribution in [0.3, 0.4) is 0 Å². The Balaban J connectivity index is 1.47. The molecule has 0 bridgehead atoms. The molecule has 152 valence electrons. The van der Waals surface area contributed by atoms with Crippen LogP contribution in [-0.2, 0) is 14.3 Å². The fourth-order valence-corrected chi connectivity index (χ4v) is 2.54. The van der Waals surface area contributed by atoms with E-state index in [1.54, 1.807) is 18.2 Å². The highest BCUT2D eigenvalue weighted by Crippen LogP contribution is 2.32. The van der Waals surface area contributed by atoms with Gasteiger partial charge in [0.15, 0.2) is 17.6 Å². The number of nitrogens with one attached hydrogen (secondary N) is 2. The molecule has 2 aromatic rings. The Labute approximate surface area is 165 Å². The van der Waals surface area contributed by atoms with E-state index in [1.807, 2.05) is 0 Å². The highest BCUT2D eigenvalue weighted by molar-refractivity contribution is 5.97. The molecule has 0 aliphatic carbocycles. The Kier molecular flexibility index (Phi) is 6.28. The van der Waals surface area contributed by atoms with Crippen molar-refractivity contribution in [3.8, 4) is 11.5 Å². The summed E-state index contributed by atoms with van der Waals surface area (Å²) in [5, 5.41) is 4.93. The summed E-state index contributed by atoms with van der Waals surface area (Å²) in [6.45, 7) is 1.82. The van der Waals surface area contributed by atoms with E-state index in [9.17, 15) is 18.8 Å². The molecule has 2 N–H and O–H groups in total. The number of hydrogen-bond donors (Lipinski definition) is 2. The van der Waals surface area contributed by atoms with Crippen molar-refractivity contribution < 1.29 is 33.0 Å². The lowest BCUT2D eigenvalue weighted by Gasteiger charge is -2.19.